The number of benzene rings is 1. The van der Waals surface area contributed by atoms with E-state index in [4.69, 9.17) is 0 Å². The lowest BCUT2D eigenvalue weighted by molar-refractivity contribution is -0.384. The van der Waals surface area contributed by atoms with Crippen LogP contribution in [0.4, 0.5) is 10.5 Å². The smallest absolute Gasteiger partial charge is 0.318 e. The molecule has 3 rings (SSSR count). The second-order valence-electron chi connectivity index (χ2n) is 7.02. The van der Waals surface area contributed by atoms with E-state index in [1.165, 1.54) is 25.0 Å². The molecule has 2 atom stereocenters. The Hall–Kier alpha value is -2.15. The minimum absolute atomic E-state index is 0.0479. The summed E-state index contributed by atoms with van der Waals surface area (Å²) in [7, 11) is 0. The molecule has 2 saturated heterocycles. The molecule has 0 aliphatic carbocycles. The molecule has 1 N–H and O–H groups in total. The number of hydrogen-bond donors (Lipinski definition) is 1. The van der Waals surface area contributed by atoms with Crippen molar-refractivity contribution in [3.05, 3.63) is 39.9 Å². The van der Waals surface area contributed by atoms with Crippen LogP contribution >= 0.6 is 0 Å². The monoisotopic (exact) mass is 346 g/mol. The van der Waals surface area contributed by atoms with Gasteiger partial charge in [-0.05, 0) is 51.3 Å². The van der Waals surface area contributed by atoms with Crippen molar-refractivity contribution in [1.82, 2.24) is 15.1 Å². The fourth-order valence-electron chi connectivity index (χ4n) is 3.82. The number of rotatable bonds is 5. The SMILES string of the molecule is CC(NC(=O)N1CCCC1CN1CCCC1)c1cccc([N+](=O)[O-])c1. The maximum Gasteiger partial charge on any atom is 0.318 e. The van der Waals surface area contributed by atoms with Crippen LogP contribution in [0.3, 0.4) is 0 Å². The maximum atomic E-state index is 12.7. The average molecular weight is 346 g/mol. The molecule has 25 heavy (non-hydrogen) atoms. The Kier molecular flexibility index (Phi) is 5.53. The van der Waals surface area contributed by atoms with E-state index in [0.717, 1.165) is 44.6 Å². The van der Waals surface area contributed by atoms with Crippen LogP contribution in [0, 0.1) is 10.1 Å². The average Bonchev–Trinajstić information content (AvgIpc) is 3.27. The van der Waals surface area contributed by atoms with E-state index in [2.05, 4.69) is 10.2 Å². The fourth-order valence-corrected chi connectivity index (χ4v) is 3.82. The molecule has 0 bridgehead atoms. The topological polar surface area (TPSA) is 78.7 Å². The number of carbonyl (C=O) groups excluding carboxylic acids is 1. The predicted octanol–water partition coefficient (Wildman–Crippen LogP) is 2.93. The van der Waals surface area contributed by atoms with Crippen LogP contribution in [-0.2, 0) is 0 Å². The highest BCUT2D eigenvalue weighted by molar-refractivity contribution is 5.75. The Morgan fingerprint density at radius 2 is 2.08 bits per heavy atom. The number of nitro groups is 1. The van der Waals surface area contributed by atoms with Gasteiger partial charge in [-0.1, -0.05) is 12.1 Å². The van der Waals surface area contributed by atoms with Crippen LogP contribution in [0.1, 0.15) is 44.2 Å². The van der Waals surface area contributed by atoms with Gasteiger partial charge in [-0.2, -0.15) is 0 Å². The lowest BCUT2D eigenvalue weighted by Gasteiger charge is -2.29. The number of nitrogens with zero attached hydrogens (tertiary/aromatic N) is 3. The highest BCUT2D eigenvalue weighted by Gasteiger charge is 2.31. The zero-order valence-corrected chi connectivity index (χ0v) is 14.7. The van der Waals surface area contributed by atoms with E-state index in [1.807, 2.05) is 17.9 Å². The summed E-state index contributed by atoms with van der Waals surface area (Å²) in [6.45, 7) is 5.87. The van der Waals surface area contributed by atoms with Gasteiger partial charge in [-0.25, -0.2) is 4.79 Å². The largest absolute Gasteiger partial charge is 0.331 e. The number of likely N-dealkylation sites (tertiary alicyclic amines) is 2. The van der Waals surface area contributed by atoms with E-state index in [1.54, 1.807) is 6.07 Å². The van der Waals surface area contributed by atoms with Crippen molar-refractivity contribution in [3.63, 3.8) is 0 Å². The molecule has 2 aliphatic rings. The molecule has 2 unspecified atom stereocenters. The number of non-ortho nitro benzene ring substituents is 1. The van der Waals surface area contributed by atoms with Gasteiger partial charge in [-0.15, -0.1) is 0 Å². The van der Waals surface area contributed by atoms with E-state index < -0.39 is 4.92 Å². The summed E-state index contributed by atoms with van der Waals surface area (Å²) in [6, 6.07) is 6.39. The molecule has 1 aromatic rings. The second-order valence-corrected chi connectivity index (χ2v) is 7.02. The zero-order valence-electron chi connectivity index (χ0n) is 14.7. The summed E-state index contributed by atoms with van der Waals surface area (Å²) in [5.74, 6) is 0. The van der Waals surface area contributed by atoms with Crippen LogP contribution in [-0.4, -0.2) is 53.0 Å². The lowest BCUT2D eigenvalue weighted by Crippen LogP contribution is -2.47. The van der Waals surface area contributed by atoms with Gasteiger partial charge < -0.3 is 15.1 Å². The number of nitrogens with one attached hydrogen (secondary N) is 1. The standard InChI is InChI=1S/C18H26N4O3/c1-14(15-6-4-7-16(12-15)22(24)25)19-18(23)21-11-5-8-17(21)13-20-9-2-3-10-20/h4,6-7,12,14,17H,2-3,5,8-11,13H2,1H3,(H,19,23). The van der Waals surface area contributed by atoms with Crippen LogP contribution in [0.2, 0.25) is 0 Å². The molecule has 2 amide bonds. The van der Waals surface area contributed by atoms with Crippen molar-refractivity contribution in [2.75, 3.05) is 26.2 Å². The summed E-state index contributed by atoms with van der Waals surface area (Å²) in [4.78, 5) is 27.6. The summed E-state index contributed by atoms with van der Waals surface area (Å²) < 4.78 is 0. The first-order valence-corrected chi connectivity index (χ1v) is 9.08. The number of nitro benzene ring substituents is 1. The second kappa shape index (κ2) is 7.82. The van der Waals surface area contributed by atoms with Gasteiger partial charge in [0.15, 0.2) is 0 Å². The van der Waals surface area contributed by atoms with Gasteiger partial charge in [0.25, 0.3) is 5.69 Å². The molecule has 2 heterocycles. The van der Waals surface area contributed by atoms with Gasteiger partial charge in [0.1, 0.15) is 0 Å². The Labute approximate surface area is 148 Å². The third kappa shape index (κ3) is 4.28. The first kappa shape index (κ1) is 17.7. The fraction of sp³-hybridized carbons (Fsp3) is 0.611. The highest BCUT2D eigenvalue weighted by Crippen LogP contribution is 2.23. The van der Waals surface area contributed by atoms with Crippen molar-refractivity contribution in [3.8, 4) is 0 Å². The molecule has 7 heteroatoms. The Morgan fingerprint density at radius 3 is 2.80 bits per heavy atom. The van der Waals surface area contributed by atoms with Crippen LogP contribution in [0.5, 0.6) is 0 Å². The third-order valence-corrected chi connectivity index (χ3v) is 5.23. The molecule has 0 radical (unpaired) electrons. The Bertz CT molecular complexity index is 631. The summed E-state index contributed by atoms with van der Waals surface area (Å²) in [6.07, 6.45) is 4.59. The van der Waals surface area contributed by atoms with Gasteiger partial charge in [0.05, 0.1) is 11.0 Å². The number of hydrogen-bond acceptors (Lipinski definition) is 4. The van der Waals surface area contributed by atoms with Crippen molar-refractivity contribution >= 4 is 11.7 Å². The normalized spacial score (nSPS) is 22.1. The summed E-state index contributed by atoms with van der Waals surface area (Å²) >= 11 is 0. The third-order valence-electron chi connectivity index (χ3n) is 5.23. The van der Waals surface area contributed by atoms with Gasteiger partial charge in [-0.3, -0.25) is 10.1 Å². The Balaban J connectivity index is 1.60. The first-order valence-electron chi connectivity index (χ1n) is 9.08. The lowest BCUT2D eigenvalue weighted by atomic mass is 10.1. The van der Waals surface area contributed by atoms with Crippen LogP contribution in [0.15, 0.2) is 24.3 Å². The van der Waals surface area contributed by atoms with Crippen LogP contribution < -0.4 is 5.32 Å². The highest BCUT2D eigenvalue weighted by atomic mass is 16.6. The number of carbonyl (C=O) groups is 1. The molecule has 0 aromatic heterocycles. The van der Waals surface area contributed by atoms with Gasteiger partial charge >= 0.3 is 6.03 Å². The minimum atomic E-state index is -0.412. The molecule has 0 spiro atoms. The van der Waals surface area contributed by atoms with E-state index in [-0.39, 0.29) is 23.8 Å². The molecule has 1 aromatic carbocycles. The van der Waals surface area contributed by atoms with E-state index in [9.17, 15) is 14.9 Å². The zero-order chi connectivity index (χ0) is 17.8. The molecular formula is C18H26N4O3. The van der Waals surface area contributed by atoms with Crippen molar-refractivity contribution in [1.29, 1.82) is 0 Å². The van der Waals surface area contributed by atoms with Crippen molar-refractivity contribution < 1.29 is 9.72 Å². The molecule has 2 fully saturated rings. The number of urea groups is 1. The molecular weight excluding hydrogens is 320 g/mol. The Morgan fingerprint density at radius 1 is 1.32 bits per heavy atom. The maximum absolute atomic E-state index is 12.7. The van der Waals surface area contributed by atoms with E-state index >= 15 is 0 Å². The quantitative estimate of drug-likeness (QED) is 0.657. The predicted molar refractivity (Wildman–Crippen MR) is 95.4 cm³/mol. The van der Waals surface area contributed by atoms with Crippen LogP contribution in [0.25, 0.3) is 0 Å². The molecule has 2 aliphatic heterocycles. The first-order chi connectivity index (χ1) is 12.0. The number of amides is 2. The van der Waals surface area contributed by atoms with E-state index in [0.29, 0.717) is 0 Å². The van der Waals surface area contributed by atoms with Gasteiger partial charge in [0.2, 0.25) is 0 Å². The van der Waals surface area contributed by atoms with Crippen molar-refractivity contribution in [2.24, 2.45) is 0 Å². The summed E-state index contributed by atoms with van der Waals surface area (Å²) in [5, 5.41) is 13.9. The summed E-state index contributed by atoms with van der Waals surface area (Å²) in [5.41, 5.74) is 0.796. The minimum Gasteiger partial charge on any atom is -0.331 e. The molecule has 0 saturated carbocycles. The van der Waals surface area contributed by atoms with Gasteiger partial charge in [0, 0.05) is 31.3 Å². The molecule has 136 valence electrons. The van der Waals surface area contributed by atoms with Crippen molar-refractivity contribution in [2.45, 2.75) is 44.7 Å². The molecule has 7 nitrogen and oxygen atoms in total.